The van der Waals surface area contributed by atoms with E-state index in [9.17, 15) is 9.59 Å². The van der Waals surface area contributed by atoms with Crippen molar-refractivity contribution in [3.05, 3.63) is 51.4 Å². The molecule has 6 nitrogen and oxygen atoms in total. The lowest BCUT2D eigenvalue weighted by Gasteiger charge is -2.04. The lowest BCUT2D eigenvalue weighted by Crippen LogP contribution is -2.33. The fourth-order valence-electron chi connectivity index (χ4n) is 1.88. The first-order chi connectivity index (χ1) is 9.20. The molecule has 19 heavy (non-hydrogen) atoms. The number of imidazole rings is 1. The molecule has 0 spiro atoms. The SMILES string of the molecule is CSc1ccc(-n2c(=O)[nH]c3nc[nH]c3c2=O)cc1. The van der Waals surface area contributed by atoms with Crippen molar-refractivity contribution in [3.8, 4) is 5.69 Å². The van der Waals surface area contributed by atoms with Gasteiger partial charge < -0.3 is 4.98 Å². The first-order valence-electron chi connectivity index (χ1n) is 5.53. The van der Waals surface area contributed by atoms with Crippen molar-refractivity contribution in [1.82, 2.24) is 19.5 Å². The molecule has 2 N–H and O–H groups in total. The minimum Gasteiger partial charge on any atom is -0.339 e. The van der Waals surface area contributed by atoms with Crippen LogP contribution in [0.4, 0.5) is 0 Å². The number of benzene rings is 1. The third-order valence-corrected chi connectivity index (χ3v) is 3.56. The van der Waals surface area contributed by atoms with Crippen LogP contribution in [0.25, 0.3) is 16.9 Å². The zero-order valence-corrected chi connectivity index (χ0v) is 10.8. The van der Waals surface area contributed by atoms with Crippen molar-refractivity contribution in [2.75, 3.05) is 6.26 Å². The molecule has 0 aliphatic heterocycles. The Balaban J connectivity index is 2.29. The highest BCUT2D eigenvalue weighted by Crippen LogP contribution is 2.15. The highest BCUT2D eigenvalue weighted by Gasteiger charge is 2.10. The molecule has 0 radical (unpaired) electrons. The average molecular weight is 274 g/mol. The third kappa shape index (κ3) is 1.88. The van der Waals surface area contributed by atoms with Crippen molar-refractivity contribution in [2.24, 2.45) is 0 Å². The Kier molecular flexibility index (Phi) is 2.75. The van der Waals surface area contributed by atoms with Crippen molar-refractivity contribution < 1.29 is 0 Å². The van der Waals surface area contributed by atoms with Gasteiger partial charge in [0.2, 0.25) is 0 Å². The Hall–Kier alpha value is -2.28. The van der Waals surface area contributed by atoms with Gasteiger partial charge in [-0.05, 0) is 30.5 Å². The summed E-state index contributed by atoms with van der Waals surface area (Å²) in [5.74, 6) is 0. The minimum atomic E-state index is -0.499. The van der Waals surface area contributed by atoms with Crippen molar-refractivity contribution in [1.29, 1.82) is 0 Å². The summed E-state index contributed by atoms with van der Waals surface area (Å²) in [7, 11) is 0. The van der Waals surface area contributed by atoms with Crippen molar-refractivity contribution in [3.63, 3.8) is 0 Å². The van der Waals surface area contributed by atoms with E-state index in [0.29, 0.717) is 5.69 Å². The quantitative estimate of drug-likeness (QED) is 0.686. The van der Waals surface area contributed by atoms with Crippen LogP contribution in [-0.4, -0.2) is 25.8 Å². The van der Waals surface area contributed by atoms with Crippen molar-refractivity contribution in [2.45, 2.75) is 4.90 Å². The molecule has 0 unspecified atom stereocenters. The van der Waals surface area contributed by atoms with E-state index in [1.54, 1.807) is 23.9 Å². The monoisotopic (exact) mass is 274 g/mol. The van der Waals surface area contributed by atoms with Gasteiger partial charge in [0.15, 0.2) is 5.65 Å². The van der Waals surface area contributed by atoms with Crippen LogP contribution in [-0.2, 0) is 0 Å². The molecule has 3 aromatic rings. The summed E-state index contributed by atoms with van der Waals surface area (Å²) < 4.78 is 1.09. The molecule has 0 aliphatic carbocycles. The van der Waals surface area contributed by atoms with E-state index in [1.807, 2.05) is 18.4 Å². The van der Waals surface area contributed by atoms with E-state index in [-0.39, 0.29) is 11.2 Å². The second-order valence-electron chi connectivity index (χ2n) is 3.89. The molecule has 1 aromatic carbocycles. The maximum absolute atomic E-state index is 12.2. The van der Waals surface area contributed by atoms with E-state index < -0.39 is 11.2 Å². The fraction of sp³-hybridized carbons (Fsp3) is 0.0833. The number of nitrogens with one attached hydrogen (secondary N) is 2. The van der Waals surface area contributed by atoms with Gasteiger partial charge in [0.1, 0.15) is 5.52 Å². The van der Waals surface area contributed by atoms with Gasteiger partial charge >= 0.3 is 5.69 Å². The highest BCUT2D eigenvalue weighted by atomic mass is 32.2. The van der Waals surface area contributed by atoms with Gasteiger partial charge in [-0.25, -0.2) is 14.3 Å². The smallest absolute Gasteiger partial charge is 0.334 e. The fourth-order valence-corrected chi connectivity index (χ4v) is 2.29. The molecule has 7 heteroatoms. The van der Waals surface area contributed by atoms with Gasteiger partial charge in [-0.3, -0.25) is 9.78 Å². The second kappa shape index (κ2) is 4.43. The molecular weight excluding hydrogens is 264 g/mol. The molecule has 0 fully saturated rings. The summed E-state index contributed by atoms with van der Waals surface area (Å²) in [6, 6.07) is 7.21. The first-order valence-corrected chi connectivity index (χ1v) is 6.76. The normalized spacial score (nSPS) is 11.0. The molecule has 96 valence electrons. The summed E-state index contributed by atoms with van der Waals surface area (Å²) >= 11 is 1.60. The zero-order valence-electron chi connectivity index (χ0n) is 10.0. The predicted octanol–water partition coefficient (Wildman–Crippen LogP) is 1.12. The minimum absolute atomic E-state index is 0.270. The Morgan fingerprint density at radius 1 is 1.21 bits per heavy atom. The topological polar surface area (TPSA) is 83.5 Å². The van der Waals surface area contributed by atoms with Crippen LogP contribution in [0, 0.1) is 0 Å². The van der Waals surface area contributed by atoms with Crippen LogP contribution >= 0.6 is 11.8 Å². The van der Waals surface area contributed by atoms with E-state index in [1.165, 1.54) is 6.33 Å². The van der Waals surface area contributed by atoms with E-state index in [0.717, 1.165) is 9.46 Å². The summed E-state index contributed by atoms with van der Waals surface area (Å²) in [6.45, 7) is 0. The zero-order chi connectivity index (χ0) is 13.4. The van der Waals surface area contributed by atoms with E-state index >= 15 is 0 Å². The van der Waals surface area contributed by atoms with Gasteiger partial charge in [-0.2, -0.15) is 0 Å². The molecule has 0 amide bonds. The molecule has 0 saturated heterocycles. The lowest BCUT2D eigenvalue weighted by atomic mass is 10.3. The Morgan fingerprint density at radius 2 is 1.95 bits per heavy atom. The largest absolute Gasteiger partial charge is 0.339 e. The highest BCUT2D eigenvalue weighted by molar-refractivity contribution is 7.98. The Bertz CT molecular complexity index is 845. The van der Waals surface area contributed by atoms with E-state index in [4.69, 9.17) is 0 Å². The number of aromatic nitrogens is 4. The summed E-state index contributed by atoms with van der Waals surface area (Å²) in [4.78, 5) is 34.4. The third-order valence-electron chi connectivity index (χ3n) is 2.82. The molecule has 0 bridgehead atoms. The maximum atomic E-state index is 12.2. The maximum Gasteiger partial charge on any atom is 0.334 e. The predicted molar refractivity (Wildman–Crippen MR) is 74.1 cm³/mol. The molecule has 2 heterocycles. The van der Waals surface area contributed by atoms with Gasteiger partial charge in [0.25, 0.3) is 5.56 Å². The average Bonchev–Trinajstić information content (AvgIpc) is 2.88. The molecule has 0 atom stereocenters. The summed E-state index contributed by atoms with van der Waals surface area (Å²) in [5.41, 5.74) is 0.177. The van der Waals surface area contributed by atoms with Crippen LogP contribution in [0.15, 0.2) is 45.1 Å². The number of hydrogen-bond acceptors (Lipinski definition) is 4. The number of nitrogens with zero attached hydrogens (tertiary/aromatic N) is 2. The molecular formula is C12H10N4O2S. The second-order valence-corrected chi connectivity index (χ2v) is 4.77. The van der Waals surface area contributed by atoms with Crippen LogP contribution in [0.3, 0.4) is 0 Å². The van der Waals surface area contributed by atoms with Crippen LogP contribution in [0.5, 0.6) is 0 Å². The molecule has 0 aliphatic rings. The van der Waals surface area contributed by atoms with Gasteiger partial charge in [0, 0.05) is 4.90 Å². The van der Waals surface area contributed by atoms with Crippen molar-refractivity contribution >= 4 is 22.9 Å². The van der Waals surface area contributed by atoms with Gasteiger partial charge in [-0.1, -0.05) is 0 Å². The standard InChI is InChI=1S/C12H10N4O2S/c1-19-8-4-2-7(3-5-8)16-11(17)9-10(14-6-13-9)15-12(16)18/h2-6H,1H3,(H,13,14)(H,15,18). The summed E-state index contributed by atoms with van der Waals surface area (Å²) in [6.07, 6.45) is 3.34. The van der Waals surface area contributed by atoms with Crippen LogP contribution < -0.4 is 11.2 Å². The Morgan fingerprint density at radius 3 is 2.63 bits per heavy atom. The first kappa shape index (κ1) is 11.8. The lowest BCUT2D eigenvalue weighted by molar-refractivity contribution is 0.894. The van der Waals surface area contributed by atoms with Gasteiger partial charge in [-0.15, -0.1) is 11.8 Å². The number of fused-ring (bicyclic) bond motifs is 1. The molecule has 0 saturated carbocycles. The number of rotatable bonds is 2. The summed E-state index contributed by atoms with van der Waals surface area (Å²) in [5, 5.41) is 0. The van der Waals surface area contributed by atoms with Gasteiger partial charge in [0.05, 0.1) is 12.0 Å². The number of H-pyrrole nitrogens is 2. The van der Waals surface area contributed by atoms with Crippen LogP contribution in [0.1, 0.15) is 0 Å². The molecule has 2 aromatic heterocycles. The van der Waals surface area contributed by atoms with Crippen LogP contribution in [0.2, 0.25) is 0 Å². The number of aromatic amines is 2. The van der Waals surface area contributed by atoms with E-state index in [2.05, 4.69) is 15.0 Å². The molecule has 3 rings (SSSR count). The number of hydrogen-bond donors (Lipinski definition) is 2. The Labute approximate surface area is 111 Å². The number of thioether (sulfide) groups is 1.